The second-order valence-corrected chi connectivity index (χ2v) is 5.60. The van der Waals surface area contributed by atoms with Crippen LogP contribution in [0, 0.1) is 10.8 Å². The molecule has 0 radical (unpaired) electrons. The molecule has 0 rings (SSSR count). The van der Waals surface area contributed by atoms with Crippen LogP contribution in [0.2, 0.25) is 0 Å². The molecule has 0 bridgehead atoms. The van der Waals surface area contributed by atoms with Crippen molar-refractivity contribution in [1.29, 1.82) is 0 Å². The average molecular weight is 221 g/mol. The van der Waals surface area contributed by atoms with Crippen LogP contribution in [0.5, 0.6) is 0 Å². The maximum atomic E-state index is 3.58. The van der Waals surface area contributed by atoms with Crippen LogP contribution < -0.4 is 0 Å². The fourth-order valence-corrected chi connectivity index (χ4v) is 2.14. The van der Waals surface area contributed by atoms with Gasteiger partial charge in [0.1, 0.15) is 0 Å². The number of hydrogen-bond donors (Lipinski definition) is 0. The van der Waals surface area contributed by atoms with Gasteiger partial charge in [-0.25, -0.2) is 0 Å². The predicted molar refractivity (Wildman–Crippen MR) is 56.3 cm³/mol. The maximum Gasteiger partial charge on any atom is 0.00854 e. The number of hydrogen-bond acceptors (Lipinski definition) is 0. The molecule has 0 heterocycles. The lowest BCUT2D eigenvalue weighted by Gasteiger charge is -2.33. The summed E-state index contributed by atoms with van der Waals surface area (Å²) in [4.78, 5) is 0. The molecule has 0 spiro atoms. The van der Waals surface area contributed by atoms with Gasteiger partial charge in [0.2, 0.25) is 0 Å². The van der Waals surface area contributed by atoms with Crippen LogP contribution in [0.3, 0.4) is 0 Å². The third-order valence-electron chi connectivity index (χ3n) is 2.13. The fraction of sp³-hybridized carbons (Fsp3) is 1.00. The maximum absolute atomic E-state index is 3.58. The van der Waals surface area contributed by atoms with Crippen molar-refractivity contribution in [3.63, 3.8) is 0 Å². The molecule has 1 heteroatoms. The van der Waals surface area contributed by atoms with E-state index in [1.54, 1.807) is 0 Å². The highest BCUT2D eigenvalue weighted by Crippen LogP contribution is 2.37. The van der Waals surface area contributed by atoms with E-state index < -0.39 is 0 Å². The molecule has 0 aliphatic carbocycles. The monoisotopic (exact) mass is 220 g/mol. The van der Waals surface area contributed by atoms with Gasteiger partial charge < -0.3 is 0 Å². The molecular formula is C10H21Br. The average Bonchev–Trinajstić information content (AvgIpc) is 1.84. The molecule has 0 saturated heterocycles. The van der Waals surface area contributed by atoms with Gasteiger partial charge in [0, 0.05) is 5.33 Å². The molecule has 11 heavy (non-hydrogen) atoms. The van der Waals surface area contributed by atoms with Crippen LogP contribution in [-0.4, -0.2) is 5.33 Å². The van der Waals surface area contributed by atoms with E-state index in [4.69, 9.17) is 0 Å². The molecule has 0 aromatic carbocycles. The van der Waals surface area contributed by atoms with Crippen LogP contribution in [0.15, 0.2) is 0 Å². The number of halogens is 1. The van der Waals surface area contributed by atoms with E-state index in [1.165, 1.54) is 12.8 Å². The Morgan fingerprint density at radius 3 is 1.64 bits per heavy atom. The molecular weight excluding hydrogens is 200 g/mol. The SMILES string of the molecule is CCC(C)(CBr)CC(C)(C)C. The highest BCUT2D eigenvalue weighted by molar-refractivity contribution is 9.09. The van der Waals surface area contributed by atoms with Gasteiger partial charge >= 0.3 is 0 Å². The normalized spacial score (nSPS) is 18.0. The molecule has 0 aromatic rings. The van der Waals surface area contributed by atoms with Crippen LogP contribution in [0.4, 0.5) is 0 Å². The first-order valence-electron chi connectivity index (χ1n) is 4.39. The molecule has 1 atom stereocenters. The molecule has 0 saturated carbocycles. The van der Waals surface area contributed by atoms with E-state index in [-0.39, 0.29) is 0 Å². The summed E-state index contributed by atoms with van der Waals surface area (Å²) in [5.74, 6) is 0. The van der Waals surface area contributed by atoms with E-state index in [0.29, 0.717) is 10.8 Å². The quantitative estimate of drug-likeness (QED) is 0.625. The molecule has 68 valence electrons. The van der Waals surface area contributed by atoms with Gasteiger partial charge in [0.15, 0.2) is 0 Å². The smallest absolute Gasteiger partial charge is 0.00854 e. The van der Waals surface area contributed by atoms with E-state index in [2.05, 4.69) is 50.5 Å². The van der Waals surface area contributed by atoms with Crippen LogP contribution in [0.25, 0.3) is 0 Å². The van der Waals surface area contributed by atoms with Gasteiger partial charge in [-0.05, 0) is 23.7 Å². The molecule has 0 nitrogen and oxygen atoms in total. The topological polar surface area (TPSA) is 0 Å². The number of alkyl halides is 1. The minimum Gasteiger partial charge on any atom is -0.0922 e. The lowest BCUT2D eigenvalue weighted by Crippen LogP contribution is -2.24. The Balaban J connectivity index is 4.08. The van der Waals surface area contributed by atoms with Crippen molar-refractivity contribution in [2.45, 2.75) is 47.5 Å². The molecule has 0 aromatic heterocycles. The minimum atomic E-state index is 0.457. The lowest BCUT2D eigenvalue weighted by molar-refractivity contribution is 0.212. The summed E-state index contributed by atoms with van der Waals surface area (Å²) in [6.07, 6.45) is 2.55. The summed E-state index contributed by atoms with van der Waals surface area (Å²) < 4.78 is 0. The first-order valence-corrected chi connectivity index (χ1v) is 5.51. The molecule has 0 amide bonds. The summed E-state index contributed by atoms with van der Waals surface area (Å²) in [5, 5.41) is 1.12. The molecule has 0 fully saturated rings. The second kappa shape index (κ2) is 3.93. The zero-order chi connectivity index (χ0) is 9.12. The van der Waals surface area contributed by atoms with Crippen molar-refractivity contribution in [3.05, 3.63) is 0 Å². The minimum absolute atomic E-state index is 0.457. The summed E-state index contributed by atoms with van der Waals surface area (Å²) in [5.41, 5.74) is 0.941. The number of rotatable bonds is 3. The Kier molecular flexibility index (Phi) is 4.10. The van der Waals surface area contributed by atoms with Crippen molar-refractivity contribution in [3.8, 4) is 0 Å². The van der Waals surface area contributed by atoms with Crippen molar-refractivity contribution in [1.82, 2.24) is 0 Å². The van der Waals surface area contributed by atoms with Gasteiger partial charge in [-0.2, -0.15) is 0 Å². The third-order valence-corrected chi connectivity index (χ3v) is 3.49. The third kappa shape index (κ3) is 4.84. The zero-order valence-electron chi connectivity index (χ0n) is 8.50. The Bertz CT molecular complexity index is 107. The Morgan fingerprint density at radius 1 is 1.09 bits per heavy atom. The first kappa shape index (κ1) is 11.5. The summed E-state index contributed by atoms with van der Waals surface area (Å²) in [7, 11) is 0. The van der Waals surface area contributed by atoms with Gasteiger partial charge in [0.25, 0.3) is 0 Å². The van der Waals surface area contributed by atoms with E-state index in [1.807, 2.05) is 0 Å². The van der Waals surface area contributed by atoms with Crippen molar-refractivity contribution < 1.29 is 0 Å². The van der Waals surface area contributed by atoms with Crippen LogP contribution in [0.1, 0.15) is 47.5 Å². The Labute approximate surface area is 79.9 Å². The van der Waals surface area contributed by atoms with Crippen LogP contribution >= 0.6 is 15.9 Å². The predicted octanol–water partition coefficient (Wildman–Crippen LogP) is 4.23. The van der Waals surface area contributed by atoms with Gasteiger partial charge in [0.05, 0.1) is 0 Å². The largest absolute Gasteiger partial charge is 0.0922 e. The fourth-order valence-electron chi connectivity index (χ4n) is 1.55. The highest BCUT2D eigenvalue weighted by Gasteiger charge is 2.26. The van der Waals surface area contributed by atoms with E-state index in [9.17, 15) is 0 Å². The zero-order valence-corrected chi connectivity index (χ0v) is 10.1. The van der Waals surface area contributed by atoms with Crippen LogP contribution in [-0.2, 0) is 0 Å². The molecule has 0 N–H and O–H groups in total. The lowest BCUT2D eigenvalue weighted by atomic mass is 9.75. The molecule has 1 unspecified atom stereocenters. The first-order chi connectivity index (χ1) is 4.83. The van der Waals surface area contributed by atoms with Crippen molar-refractivity contribution in [2.24, 2.45) is 10.8 Å². The molecule has 0 aliphatic rings. The highest BCUT2D eigenvalue weighted by atomic mass is 79.9. The Hall–Kier alpha value is 0.480. The second-order valence-electron chi connectivity index (χ2n) is 5.04. The Morgan fingerprint density at radius 2 is 1.55 bits per heavy atom. The van der Waals surface area contributed by atoms with E-state index >= 15 is 0 Å². The summed E-state index contributed by atoms with van der Waals surface area (Å²) in [6.45, 7) is 11.6. The molecule has 0 aliphatic heterocycles. The van der Waals surface area contributed by atoms with Crippen molar-refractivity contribution >= 4 is 15.9 Å². The standard InChI is InChI=1S/C10H21Br/c1-6-10(5,8-11)7-9(2,3)4/h6-8H2,1-5H3. The van der Waals surface area contributed by atoms with E-state index in [0.717, 1.165) is 5.33 Å². The van der Waals surface area contributed by atoms with Gasteiger partial charge in [-0.15, -0.1) is 0 Å². The summed E-state index contributed by atoms with van der Waals surface area (Å²) in [6, 6.07) is 0. The van der Waals surface area contributed by atoms with Gasteiger partial charge in [-0.1, -0.05) is 50.5 Å². The van der Waals surface area contributed by atoms with Gasteiger partial charge in [-0.3, -0.25) is 0 Å². The van der Waals surface area contributed by atoms with Crippen molar-refractivity contribution in [2.75, 3.05) is 5.33 Å². The summed E-state index contributed by atoms with van der Waals surface area (Å²) >= 11 is 3.58.